The van der Waals surface area contributed by atoms with Crippen molar-refractivity contribution < 1.29 is 8.83 Å². The smallest absolute Gasteiger partial charge is 0.227 e. The van der Waals surface area contributed by atoms with Gasteiger partial charge in [0.05, 0.1) is 5.39 Å². The van der Waals surface area contributed by atoms with Crippen LogP contribution in [0.15, 0.2) is 142 Å². The Morgan fingerprint density at radius 1 is 0.409 bits per heavy atom. The molecule has 0 saturated heterocycles. The molecule has 9 rings (SSSR count). The molecule has 3 aromatic heterocycles. The van der Waals surface area contributed by atoms with Crippen molar-refractivity contribution in [2.75, 3.05) is 0 Å². The summed E-state index contributed by atoms with van der Waals surface area (Å²) in [6.07, 6.45) is 0. The minimum atomic E-state index is 0.586. The van der Waals surface area contributed by atoms with Gasteiger partial charge < -0.3 is 8.83 Å². The summed E-state index contributed by atoms with van der Waals surface area (Å²) in [5, 5.41) is 4.01. The van der Waals surface area contributed by atoms with E-state index >= 15 is 0 Å². The summed E-state index contributed by atoms with van der Waals surface area (Å²) in [6.45, 7) is 0. The van der Waals surface area contributed by atoms with Crippen molar-refractivity contribution in [1.29, 1.82) is 0 Å². The number of fused-ring (bicyclic) bond motifs is 7. The van der Waals surface area contributed by atoms with Crippen LogP contribution in [-0.2, 0) is 0 Å². The van der Waals surface area contributed by atoms with Gasteiger partial charge in [-0.2, -0.15) is 0 Å². The van der Waals surface area contributed by atoms with Crippen molar-refractivity contribution in [1.82, 2.24) is 19.9 Å². The van der Waals surface area contributed by atoms with Gasteiger partial charge in [-0.05, 0) is 47.2 Å². The Balaban J connectivity index is 1.24. The van der Waals surface area contributed by atoms with E-state index in [4.69, 9.17) is 28.8 Å². The van der Waals surface area contributed by atoms with Crippen LogP contribution in [-0.4, -0.2) is 19.9 Å². The average Bonchev–Trinajstić information content (AvgIpc) is 3.71. The van der Waals surface area contributed by atoms with Gasteiger partial charge in [-0.1, -0.05) is 97.1 Å². The first-order chi connectivity index (χ1) is 21.8. The Kier molecular flexibility index (Phi) is 5.40. The highest BCUT2D eigenvalue weighted by molar-refractivity contribution is 6.25. The maximum absolute atomic E-state index is 6.39. The minimum absolute atomic E-state index is 0.586. The lowest BCUT2D eigenvalue weighted by atomic mass is 10.0. The van der Waals surface area contributed by atoms with Crippen LogP contribution in [0.4, 0.5) is 0 Å². The molecule has 0 bridgehead atoms. The second-order valence-electron chi connectivity index (χ2n) is 10.7. The SMILES string of the molecule is c1ccc(-c2nc(-c3ccccc3)nc(-c3ccc4c(ccc5oc6ccc7nc(-c8ccccc8)oc7c6c54)c3)n2)cc1. The number of nitrogens with zero attached hydrogens (tertiary/aromatic N) is 4. The zero-order valence-electron chi connectivity index (χ0n) is 23.3. The first-order valence-electron chi connectivity index (χ1n) is 14.4. The summed E-state index contributed by atoms with van der Waals surface area (Å²) in [4.78, 5) is 19.5. The number of rotatable bonds is 4. The van der Waals surface area contributed by atoms with Crippen LogP contribution >= 0.6 is 0 Å². The van der Waals surface area contributed by atoms with E-state index in [1.54, 1.807) is 0 Å². The molecule has 0 radical (unpaired) electrons. The minimum Gasteiger partial charge on any atom is -0.456 e. The van der Waals surface area contributed by atoms with E-state index in [1.807, 2.05) is 109 Å². The van der Waals surface area contributed by atoms with Crippen LogP contribution in [0.3, 0.4) is 0 Å². The molecule has 0 N–H and O–H groups in total. The summed E-state index contributed by atoms with van der Waals surface area (Å²) in [6, 6.07) is 44.3. The molecule has 44 heavy (non-hydrogen) atoms. The highest BCUT2D eigenvalue weighted by Gasteiger charge is 2.19. The van der Waals surface area contributed by atoms with Gasteiger partial charge >= 0.3 is 0 Å². The van der Waals surface area contributed by atoms with Gasteiger partial charge in [0.25, 0.3) is 0 Å². The third-order valence-corrected chi connectivity index (χ3v) is 7.95. The molecular weight excluding hydrogens is 544 g/mol. The number of hydrogen-bond acceptors (Lipinski definition) is 6. The first kappa shape index (κ1) is 24.5. The van der Waals surface area contributed by atoms with Crippen LogP contribution in [0.25, 0.3) is 89.4 Å². The second-order valence-corrected chi connectivity index (χ2v) is 10.7. The summed E-state index contributed by atoms with van der Waals surface area (Å²) in [7, 11) is 0. The lowest BCUT2D eigenvalue weighted by Crippen LogP contribution is -2.00. The van der Waals surface area contributed by atoms with E-state index in [2.05, 4.69) is 24.3 Å². The first-order valence-corrected chi connectivity index (χ1v) is 14.4. The Morgan fingerprint density at radius 3 is 1.64 bits per heavy atom. The molecule has 9 aromatic rings. The predicted octanol–water partition coefficient (Wildman–Crippen LogP) is 9.73. The van der Waals surface area contributed by atoms with Crippen molar-refractivity contribution >= 4 is 43.8 Å². The molecule has 0 aliphatic carbocycles. The van der Waals surface area contributed by atoms with Crippen molar-refractivity contribution in [3.63, 3.8) is 0 Å². The molecule has 206 valence electrons. The number of furan rings is 1. The van der Waals surface area contributed by atoms with Crippen LogP contribution < -0.4 is 0 Å². The number of hydrogen-bond donors (Lipinski definition) is 0. The maximum Gasteiger partial charge on any atom is 0.227 e. The quantitative estimate of drug-likeness (QED) is 0.211. The monoisotopic (exact) mass is 566 g/mol. The van der Waals surface area contributed by atoms with Crippen LogP contribution in [0, 0.1) is 0 Å². The fourth-order valence-corrected chi connectivity index (χ4v) is 5.85. The van der Waals surface area contributed by atoms with Crippen molar-refractivity contribution in [2.24, 2.45) is 0 Å². The van der Waals surface area contributed by atoms with Crippen molar-refractivity contribution in [2.45, 2.75) is 0 Å². The Labute approximate surface area is 251 Å². The third kappa shape index (κ3) is 3.96. The number of aromatic nitrogens is 4. The van der Waals surface area contributed by atoms with Gasteiger partial charge in [0, 0.05) is 27.6 Å². The van der Waals surface area contributed by atoms with E-state index < -0.39 is 0 Å². The molecule has 0 amide bonds. The van der Waals surface area contributed by atoms with Gasteiger partial charge in [0.15, 0.2) is 23.1 Å². The van der Waals surface area contributed by atoms with Gasteiger partial charge in [-0.25, -0.2) is 19.9 Å². The maximum atomic E-state index is 6.39. The molecule has 0 aliphatic heterocycles. The van der Waals surface area contributed by atoms with E-state index in [-0.39, 0.29) is 0 Å². The molecule has 0 spiro atoms. The molecule has 6 heteroatoms. The molecular formula is C38H22N4O2. The van der Waals surface area contributed by atoms with Crippen LogP contribution in [0.5, 0.6) is 0 Å². The molecule has 6 aromatic carbocycles. The molecule has 0 saturated carbocycles. The topological polar surface area (TPSA) is 77.8 Å². The largest absolute Gasteiger partial charge is 0.456 e. The van der Waals surface area contributed by atoms with Gasteiger partial charge in [0.2, 0.25) is 5.89 Å². The fourth-order valence-electron chi connectivity index (χ4n) is 5.85. The number of oxazole rings is 1. The lowest BCUT2D eigenvalue weighted by molar-refractivity contribution is 0.622. The predicted molar refractivity (Wildman–Crippen MR) is 174 cm³/mol. The lowest BCUT2D eigenvalue weighted by Gasteiger charge is -2.09. The highest BCUT2D eigenvalue weighted by atomic mass is 16.4. The number of benzene rings is 6. The molecule has 0 fully saturated rings. The molecule has 0 unspecified atom stereocenters. The van der Waals surface area contributed by atoms with Gasteiger partial charge in [0.1, 0.15) is 16.7 Å². The summed E-state index contributed by atoms with van der Waals surface area (Å²) in [5.41, 5.74) is 6.77. The third-order valence-electron chi connectivity index (χ3n) is 7.95. The van der Waals surface area contributed by atoms with E-state index in [0.717, 1.165) is 60.5 Å². The molecule has 0 aliphatic rings. The van der Waals surface area contributed by atoms with Gasteiger partial charge in [-0.3, -0.25) is 0 Å². The van der Waals surface area contributed by atoms with Gasteiger partial charge in [-0.15, -0.1) is 0 Å². The van der Waals surface area contributed by atoms with Crippen LogP contribution in [0.2, 0.25) is 0 Å². The normalized spacial score (nSPS) is 11.6. The molecule has 3 heterocycles. The molecule has 6 nitrogen and oxygen atoms in total. The van der Waals surface area contributed by atoms with E-state index in [0.29, 0.717) is 28.9 Å². The summed E-state index contributed by atoms with van der Waals surface area (Å²) < 4.78 is 12.7. The van der Waals surface area contributed by atoms with E-state index in [9.17, 15) is 0 Å². The van der Waals surface area contributed by atoms with Crippen molar-refractivity contribution in [3.05, 3.63) is 133 Å². The Bertz CT molecular complexity index is 2430. The standard InChI is InChI=1S/C38H22N4O2/c1-4-10-23(11-5-1)35-40-36(24-12-6-2-7-13-24)42-37(41-35)27-16-18-28-26(22-27)17-20-30-32(28)33-31(43-30)21-19-29-34(33)44-38(39-29)25-14-8-3-9-15-25/h1-22H. The average molecular weight is 567 g/mol. The zero-order chi connectivity index (χ0) is 29.0. The van der Waals surface area contributed by atoms with E-state index in [1.165, 1.54) is 0 Å². The second kappa shape index (κ2) is 9.71. The van der Waals surface area contributed by atoms with Crippen molar-refractivity contribution in [3.8, 4) is 45.6 Å². The molecule has 0 atom stereocenters. The Morgan fingerprint density at radius 2 is 0.977 bits per heavy atom. The Hall–Kier alpha value is -6.14. The summed E-state index contributed by atoms with van der Waals surface area (Å²) in [5.74, 6) is 2.46. The fraction of sp³-hybridized carbons (Fsp3) is 0. The summed E-state index contributed by atoms with van der Waals surface area (Å²) >= 11 is 0. The highest BCUT2D eigenvalue weighted by Crippen LogP contribution is 2.40. The zero-order valence-corrected chi connectivity index (χ0v) is 23.3. The van der Waals surface area contributed by atoms with Crippen LogP contribution in [0.1, 0.15) is 0 Å².